The number of amides is 1. The van der Waals surface area contributed by atoms with Crippen molar-refractivity contribution in [3.05, 3.63) is 83.2 Å². The van der Waals surface area contributed by atoms with Gasteiger partial charge >= 0.3 is 5.97 Å². The van der Waals surface area contributed by atoms with E-state index in [1.165, 1.54) is 19.2 Å². The molecular weight excluding hydrogens is 535 g/mol. The van der Waals surface area contributed by atoms with E-state index in [9.17, 15) is 14.0 Å². The second-order valence-electron chi connectivity index (χ2n) is 11.2. The molecule has 1 spiro atoms. The van der Waals surface area contributed by atoms with Gasteiger partial charge in [0, 0.05) is 26.1 Å². The Morgan fingerprint density at radius 2 is 1.50 bits per heavy atom. The fourth-order valence-corrected chi connectivity index (χ4v) is 6.16. The first-order valence-corrected chi connectivity index (χ1v) is 14.7. The zero-order chi connectivity index (χ0) is 29.7. The van der Waals surface area contributed by atoms with Gasteiger partial charge in [0.25, 0.3) is 0 Å². The first-order valence-electron chi connectivity index (χ1n) is 14.7. The van der Waals surface area contributed by atoms with E-state index in [0.29, 0.717) is 31.7 Å². The molecule has 0 aliphatic carbocycles. The Morgan fingerprint density at radius 1 is 0.881 bits per heavy atom. The second-order valence-corrected chi connectivity index (χ2v) is 11.2. The minimum absolute atomic E-state index is 0.00105. The van der Waals surface area contributed by atoms with Gasteiger partial charge in [0.05, 0.1) is 31.5 Å². The lowest BCUT2D eigenvalue weighted by atomic mass is 9.77. The summed E-state index contributed by atoms with van der Waals surface area (Å²) in [7, 11) is 1.37. The number of hydrogen-bond donors (Lipinski definition) is 0. The largest absolute Gasteiger partial charge is 0.493 e. The van der Waals surface area contributed by atoms with Gasteiger partial charge in [0.15, 0.2) is 0 Å². The molecule has 2 saturated heterocycles. The van der Waals surface area contributed by atoms with Crippen LogP contribution in [0.1, 0.15) is 54.6 Å². The van der Waals surface area contributed by atoms with Gasteiger partial charge in [-0.05, 0) is 98.3 Å². The van der Waals surface area contributed by atoms with E-state index in [0.717, 1.165) is 72.8 Å². The number of carbonyl (C=O) groups excluding carboxylic acids is 2. The summed E-state index contributed by atoms with van der Waals surface area (Å²) in [5.41, 5.74) is 4.30. The van der Waals surface area contributed by atoms with Crippen LogP contribution in [0.2, 0.25) is 0 Å². The molecule has 0 saturated carbocycles. The number of methoxy groups -OCH3 is 1. The van der Waals surface area contributed by atoms with Gasteiger partial charge in [-0.2, -0.15) is 0 Å². The number of rotatable bonds is 10. The third-order valence-electron chi connectivity index (χ3n) is 8.33. The third-order valence-corrected chi connectivity index (χ3v) is 8.33. The highest BCUT2D eigenvalue weighted by Crippen LogP contribution is 2.43. The van der Waals surface area contributed by atoms with Crippen LogP contribution in [0.4, 0.5) is 4.39 Å². The van der Waals surface area contributed by atoms with E-state index < -0.39 is 0 Å². The minimum atomic E-state index is -0.364. The number of carbonyl (C=O) groups is 2. The van der Waals surface area contributed by atoms with E-state index in [-0.39, 0.29) is 23.1 Å². The fourth-order valence-electron chi connectivity index (χ4n) is 6.16. The maximum Gasteiger partial charge on any atom is 0.337 e. The van der Waals surface area contributed by atoms with Crippen LogP contribution in [0.15, 0.2) is 60.7 Å². The molecule has 222 valence electrons. The van der Waals surface area contributed by atoms with Gasteiger partial charge < -0.3 is 19.1 Å². The lowest BCUT2D eigenvalue weighted by Gasteiger charge is -2.39. The van der Waals surface area contributed by atoms with Crippen molar-refractivity contribution in [3.8, 4) is 22.6 Å². The number of hydrogen-bond acceptors (Lipinski definition) is 6. The lowest BCUT2D eigenvalue weighted by Crippen LogP contribution is -2.41. The molecule has 3 aromatic rings. The van der Waals surface area contributed by atoms with E-state index >= 15 is 0 Å². The highest BCUT2D eigenvalue weighted by atomic mass is 19.1. The molecule has 0 atom stereocenters. The number of ether oxygens (including phenoxy) is 3. The van der Waals surface area contributed by atoms with Crippen LogP contribution < -0.4 is 9.47 Å². The van der Waals surface area contributed by atoms with Crippen molar-refractivity contribution in [2.45, 2.75) is 46.2 Å². The quantitative estimate of drug-likeness (QED) is 0.273. The first kappa shape index (κ1) is 29.6. The predicted molar refractivity (Wildman–Crippen MR) is 159 cm³/mol. The Kier molecular flexibility index (Phi) is 9.12. The van der Waals surface area contributed by atoms with Gasteiger partial charge in [-0.15, -0.1) is 0 Å². The van der Waals surface area contributed by atoms with E-state index in [4.69, 9.17) is 14.2 Å². The molecular formula is C34H39FN2O5. The summed E-state index contributed by atoms with van der Waals surface area (Å²) < 4.78 is 30.5. The maximum atomic E-state index is 13.6. The van der Waals surface area contributed by atoms with Crippen LogP contribution in [0.5, 0.6) is 11.5 Å². The number of likely N-dealkylation sites (tertiary alicyclic amines) is 2. The third kappa shape index (κ3) is 6.59. The van der Waals surface area contributed by atoms with Gasteiger partial charge in [-0.25, -0.2) is 9.18 Å². The van der Waals surface area contributed by atoms with Crippen LogP contribution in [0, 0.1) is 11.2 Å². The molecule has 2 heterocycles. The molecule has 0 aromatic heterocycles. The van der Waals surface area contributed by atoms with Gasteiger partial charge in [0.1, 0.15) is 17.3 Å². The van der Waals surface area contributed by atoms with Crippen LogP contribution in [0.25, 0.3) is 11.1 Å². The van der Waals surface area contributed by atoms with Crippen molar-refractivity contribution in [1.82, 2.24) is 9.80 Å². The average molecular weight is 575 g/mol. The SMILES string of the molecule is CCOc1cc(CN2CCC3(CC2)CC(=O)N(Cc2ccc(C(=O)OC)cc2)C3)cc(OCC)c1-c1ccc(F)cc1. The summed E-state index contributed by atoms with van der Waals surface area (Å²) in [6.45, 7) is 8.80. The summed E-state index contributed by atoms with van der Waals surface area (Å²) >= 11 is 0. The zero-order valence-electron chi connectivity index (χ0n) is 24.7. The van der Waals surface area contributed by atoms with Gasteiger partial charge in [-0.1, -0.05) is 24.3 Å². The molecule has 8 heteroatoms. The van der Waals surface area contributed by atoms with Crippen molar-refractivity contribution in [1.29, 1.82) is 0 Å². The number of nitrogens with zero attached hydrogens (tertiary/aromatic N) is 2. The molecule has 2 aliphatic heterocycles. The topological polar surface area (TPSA) is 68.3 Å². The number of halogens is 1. The van der Waals surface area contributed by atoms with E-state index in [2.05, 4.69) is 17.0 Å². The molecule has 1 amide bonds. The maximum absolute atomic E-state index is 13.6. The minimum Gasteiger partial charge on any atom is -0.493 e. The summed E-state index contributed by atoms with van der Waals surface area (Å²) in [6.07, 6.45) is 2.50. The summed E-state index contributed by atoms with van der Waals surface area (Å²) in [4.78, 5) is 29.1. The monoisotopic (exact) mass is 574 g/mol. The highest BCUT2D eigenvalue weighted by molar-refractivity contribution is 5.89. The molecule has 3 aromatic carbocycles. The molecule has 5 rings (SSSR count). The lowest BCUT2D eigenvalue weighted by molar-refractivity contribution is -0.128. The number of piperidine rings is 1. The van der Waals surface area contributed by atoms with Crippen LogP contribution in [-0.2, 0) is 22.6 Å². The van der Waals surface area contributed by atoms with Gasteiger partial charge in [-0.3, -0.25) is 9.69 Å². The Hall–Kier alpha value is -3.91. The number of benzene rings is 3. The fraction of sp³-hybridized carbons (Fsp3) is 0.412. The van der Waals surface area contributed by atoms with Crippen LogP contribution in [0.3, 0.4) is 0 Å². The Labute approximate surface area is 247 Å². The Balaban J connectivity index is 1.24. The van der Waals surface area contributed by atoms with Crippen LogP contribution in [-0.4, -0.2) is 61.6 Å². The van der Waals surface area contributed by atoms with Crippen molar-refractivity contribution < 1.29 is 28.2 Å². The van der Waals surface area contributed by atoms with Crippen molar-refractivity contribution in [3.63, 3.8) is 0 Å². The molecule has 0 unspecified atom stereocenters. The first-order chi connectivity index (χ1) is 20.3. The van der Waals surface area contributed by atoms with Crippen molar-refractivity contribution in [2.75, 3.05) is 40.0 Å². The molecule has 0 N–H and O–H groups in total. The zero-order valence-corrected chi connectivity index (χ0v) is 24.7. The molecule has 0 bridgehead atoms. The molecule has 7 nitrogen and oxygen atoms in total. The van der Waals surface area contributed by atoms with E-state index in [1.54, 1.807) is 24.3 Å². The second kappa shape index (κ2) is 12.9. The summed E-state index contributed by atoms with van der Waals surface area (Å²) in [5, 5.41) is 0. The normalized spacial score (nSPS) is 16.6. The summed E-state index contributed by atoms with van der Waals surface area (Å²) in [5.74, 6) is 1.01. The standard InChI is InChI=1S/C34H39FN2O5/c1-4-41-29-18-25(19-30(42-5-2)32(29)26-10-12-28(35)13-11-26)21-36-16-14-34(15-17-36)20-31(38)37(23-34)22-24-6-8-27(9-7-24)33(39)40-3/h6-13,18-19H,4-5,14-17,20-23H2,1-3H3. The predicted octanol–water partition coefficient (Wildman–Crippen LogP) is 6.09. The molecule has 42 heavy (non-hydrogen) atoms. The van der Waals surface area contributed by atoms with E-state index in [1.807, 2.05) is 30.9 Å². The average Bonchev–Trinajstić information content (AvgIpc) is 3.29. The van der Waals surface area contributed by atoms with Crippen molar-refractivity contribution in [2.24, 2.45) is 5.41 Å². The summed E-state index contributed by atoms with van der Waals surface area (Å²) in [6, 6.07) is 17.8. The van der Waals surface area contributed by atoms with Crippen molar-refractivity contribution >= 4 is 11.9 Å². The molecule has 2 aliphatic rings. The van der Waals surface area contributed by atoms with Crippen LogP contribution >= 0.6 is 0 Å². The Bertz CT molecular complexity index is 1370. The highest BCUT2D eigenvalue weighted by Gasteiger charge is 2.44. The van der Waals surface area contributed by atoms with Gasteiger partial charge in [0.2, 0.25) is 5.91 Å². The Morgan fingerprint density at radius 3 is 2.07 bits per heavy atom. The smallest absolute Gasteiger partial charge is 0.337 e. The number of esters is 1. The molecule has 2 fully saturated rings. The molecule has 0 radical (unpaired) electrons.